The average Bonchev–Trinajstić information content (AvgIpc) is 2.37. The minimum atomic E-state index is -4.65. The minimum Gasteiger partial charge on any atom is -0.479 e. The number of halogens is 3. The molecule has 1 atom stereocenters. The van der Waals surface area contributed by atoms with Crippen LogP contribution in [0.1, 0.15) is 11.3 Å². The third-order valence-corrected chi connectivity index (χ3v) is 2.32. The molecule has 0 saturated carbocycles. The molecule has 0 amide bonds. The summed E-state index contributed by atoms with van der Waals surface area (Å²) in [5, 5.41) is 19.9. The van der Waals surface area contributed by atoms with Crippen molar-refractivity contribution >= 4 is 11.8 Å². The van der Waals surface area contributed by atoms with Gasteiger partial charge in [-0.25, -0.2) is 9.78 Å². The first kappa shape index (κ1) is 15.7. The molecule has 6 nitrogen and oxygen atoms in total. The zero-order chi connectivity index (χ0) is 15.3. The van der Waals surface area contributed by atoms with Crippen LogP contribution in [0.4, 0.5) is 19.0 Å². The Balaban J connectivity index is 2.98. The van der Waals surface area contributed by atoms with Crippen molar-refractivity contribution in [2.75, 3.05) is 19.0 Å². The molecule has 1 unspecified atom stereocenters. The largest absolute Gasteiger partial charge is 0.479 e. The number of hydrogen-bond acceptors (Lipinski definition) is 5. The van der Waals surface area contributed by atoms with Gasteiger partial charge in [0.25, 0.3) is 0 Å². The predicted molar refractivity (Wildman–Crippen MR) is 60.9 cm³/mol. The molecule has 0 radical (unpaired) electrons. The van der Waals surface area contributed by atoms with Crippen LogP contribution in [0, 0.1) is 11.3 Å². The molecular formula is C11H10F3N3O3. The lowest BCUT2D eigenvalue weighted by Gasteiger charge is -2.14. The van der Waals surface area contributed by atoms with Crippen LogP contribution in [0.25, 0.3) is 0 Å². The smallest absolute Gasteiger partial charge is 0.433 e. The van der Waals surface area contributed by atoms with Crippen molar-refractivity contribution in [3.63, 3.8) is 0 Å². The summed E-state index contributed by atoms with van der Waals surface area (Å²) in [5.41, 5.74) is -1.30. The number of aromatic nitrogens is 1. The number of anilines is 1. The molecule has 0 bridgehead atoms. The van der Waals surface area contributed by atoms with E-state index in [4.69, 9.17) is 10.4 Å². The highest BCUT2D eigenvalue weighted by Crippen LogP contribution is 2.29. The first-order chi connectivity index (χ1) is 9.29. The van der Waals surface area contributed by atoms with Crippen molar-refractivity contribution in [2.45, 2.75) is 12.3 Å². The van der Waals surface area contributed by atoms with Crippen LogP contribution < -0.4 is 5.32 Å². The average molecular weight is 289 g/mol. The van der Waals surface area contributed by atoms with E-state index in [9.17, 15) is 18.0 Å². The van der Waals surface area contributed by atoms with Gasteiger partial charge in [-0.3, -0.25) is 0 Å². The van der Waals surface area contributed by atoms with Crippen LogP contribution in [0.5, 0.6) is 0 Å². The number of carboxylic acid groups (broad SMARTS) is 1. The van der Waals surface area contributed by atoms with E-state index < -0.39 is 23.9 Å². The summed E-state index contributed by atoms with van der Waals surface area (Å²) in [4.78, 5) is 14.0. The summed E-state index contributed by atoms with van der Waals surface area (Å²) in [7, 11) is 1.14. The quantitative estimate of drug-likeness (QED) is 0.852. The molecule has 0 aliphatic carbocycles. The minimum absolute atomic E-state index is 0.127. The van der Waals surface area contributed by atoms with E-state index in [1.165, 1.54) is 0 Å². The topological polar surface area (TPSA) is 95.2 Å². The maximum absolute atomic E-state index is 12.5. The van der Waals surface area contributed by atoms with Gasteiger partial charge < -0.3 is 15.2 Å². The van der Waals surface area contributed by atoms with Gasteiger partial charge in [0.15, 0.2) is 6.10 Å². The van der Waals surface area contributed by atoms with Crippen molar-refractivity contribution in [1.82, 2.24) is 4.98 Å². The van der Waals surface area contributed by atoms with Gasteiger partial charge >= 0.3 is 12.1 Å². The van der Waals surface area contributed by atoms with Gasteiger partial charge in [-0.05, 0) is 12.1 Å². The van der Waals surface area contributed by atoms with Gasteiger partial charge in [0.1, 0.15) is 17.6 Å². The van der Waals surface area contributed by atoms with Crippen molar-refractivity contribution in [3.05, 3.63) is 23.4 Å². The lowest BCUT2D eigenvalue weighted by molar-refractivity contribution is -0.147. The van der Waals surface area contributed by atoms with Crippen LogP contribution >= 0.6 is 0 Å². The molecule has 1 heterocycles. The van der Waals surface area contributed by atoms with Crippen LogP contribution in [0.15, 0.2) is 12.1 Å². The molecule has 0 saturated heterocycles. The SMILES string of the molecule is COC(CNc1nc(C(F)(F)F)ccc1C#N)C(=O)O. The second-order valence-electron chi connectivity index (χ2n) is 3.65. The van der Waals surface area contributed by atoms with Crippen LogP contribution in [-0.4, -0.2) is 35.8 Å². The summed E-state index contributed by atoms with van der Waals surface area (Å²) < 4.78 is 42.1. The number of rotatable bonds is 5. The van der Waals surface area contributed by atoms with Gasteiger partial charge in [0.05, 0.1) is 12.1 Å². The number of pyridine rings is 1. The van der Waals surface area contributed by atoms with Crippen molar-refractivity contribution in [2.24, 2.45) is 0 Å². The Morgan fingerprint density at radius 2 is 2.25 bits per heavy atom. The highest BCUT2D eigenvalue weighted by Gasteiger charge is 2.33. The maximum Gasteiger partial charge on any atom is 0.433 e. The van der Waals surface area contributed by atoms with E-state index in [1.807, 2.05) is 0 Å². The number of nitrogens with one attached hydrogen (secondary N) is 1. The fraction of sp³-hybridized carbons (Fsp3) is 0.364. The fourth-order valence-corrected chi connectivity index (χ4v) is 1.30. The lowest BCUT2D eigenvalue weighted by atomic mass is 10.2. The molecule has 20 heavy (non-hydrogen) atoms. The zero-order valence-corrected chi connectivity index (χ0v) is 10.2. The van der Waals surface area contributed by atoms with E-state index >= 15 is 0 Å². The van der Waals surface area contributed by atoms with Crippen LogP contribution in [-0.2, 0) is 15.7 Å². The lowest BCUT2D eigenvalue weighted by Crippen LogP contribution is -2.31. The monoisotopic (exact) mass is 289 g/mol. The normalized spacial score (nSPS) is 12.6. The molecule has 0 aliphatic heterocycles. The molecule has 9 heteroatoms. The number of carboxylic acids is 1. The number of nitrogens with zero attached hydrogens (tertiary/aromatic N) is 2. The maximum atomic E-state index is 12.5. The van der Waals surface area contributed by atoms with E-state index in [0.29, 0.717) is 6.07 Å². The first-order valence-corrected chi connectivity index (χ1v) is 5.27. The van der Waals surface area contributed by atoms with Crippen LogP contribution in [0.2, 0.25) is 0 Å². The van der Waals surface area contributed by atoms with E-state index in [0.717, 1.165) is 13.2 Å². The van der Waals surface area contributed by atoms with E-state index in [2.05, 4.69) is 15.0 Å². The molecule has 1 aromatic rings. The number of methoxy groups -OCH3 is 1. The Morgan fingerprint density at radius 1 is 1.60 bits per heavy atom. The number of nitriles is 1. The number of alkyl halides is 3. The molecule has 2 N–H and O–H groups in total. The second kappa shape index (κ2) is 6.21. The van der Waals surface area contributed by atoms with E-state index in [1.54, 1.807) is 6.07 Å². The summed E-state index contributed by atoms with van der Waals surface area (Å²) in [5.74, 6) is -1.63. The Morgan fingerprint density at radius 3 is 2.70 bits per heavy atom. The van der Waals surface area contributed by atoms with Crippen molar-refractivity contribution < 1.29 is 27.8 Å². The molecule has 0 spiro atoms. The van der Waals surface area contributed by atoms with Crippen molar-refractivity contribution in [3.8, 4) is 6.07 Å². The summed E-state index contributed by atoms with van der Waals surface area (Å²) in [6.45, 7) is -0.325. The molecule has 0 aromatic carbocycles. The summed E-state index contributed by atoms with van der Waals surface area (Å²) in [6.07, 6.45) is -5.92. The van der Waals surface area contributed by atoms with Gasteiger partial charge in [-0.2, -0.15) is 18.4 Å². The molecule has 1 aromatic heterocycles. The van der Waals surface area contributed by atoms with Gasteiger partial charge in [0.2, 0.25) is 0 Å². The number of aliphatic carboxylic acids is 1. The van der Waals surface area contributed by atoms with Gasteiger partial charge in [-0.15, -0.1) is 0 Å². The summed E-state index contributed by atoms with van der Waals surface area (Å²) >= 11 is 0. The molecular weight excluding hydrogens is 279 g/mol. The molecule has 0 fully saturated rings. The Hall–Kier alpha value is -2.34. The van der Waals surface area contributed by atoms with Crippen molar-refractivity contribution in [1.29, 1.82) is 5.26 Å². The number of ether oxygens (including phenoxy) is 1. The van der Waals surface area contributed by atoms with Crippen LogP contribution in [0.3, 0.4) is 0 Å². The number of carbonyl (C=O) groups is 1. The molecule has 1 rings (SSSR count). The first-order valence-electron chi connectivity index (χ1n) is 5.27. The standard InChI is InChI=1S/C11H10F3N3O3/c1-20-7(10(18)19)5-16-9-6(4-15)2-3-8(17-9)11(12,13)14/h2-3,7H,5H2,1H3,(H,16,17)(H,18,19). The number of hydrogen-bond donors (Lipinski definition) is 2. The Bertz CT molecular complexity index is 540. The third-order valence-electron chi connectivity index (χ3n) is 2.32. The third kappa shape index (κ3) is 3.83. The highest BCUT2D eigenvalue weighted by molar-refractivity contribution is 5.73. The zero-order valence-electron chi connectivity index (χ0n) is 10.2. The van der Waals surface area contributed by atoms with Gasteiger partial charge in [0, 0.05) is 7.11 Å². The molecule has 0 aliphatic rings. The summed E-state index contributed by atoms with van der Waals surface area (Å²) in [6, 6.07) is 3.30. The molecule has 108 valence electrons. The Kier molecular flexibility index (Phi) is 4.88. The second-order valence-corrected chi connectivity index (χ2v) is 3.65. The Labute approximate surface area is 111 Å². The van der Waals surface area contributed by atoms with E-state index in [-0.39, 0.29) is 17.9 Å². The predicted octanol–water partition coefficient (Wildman–Crippen LogP) is 1.48. The highest BCUT2D eigenvalue weighted by atomic mass is 19.4. The fourth-order valence-electron chi connectivity index (χ4n) is 1.30. The van der Waals surface area contributed by atoms with Gasteiger partial charge in [-0.1, -0.05) is 0 Å².